The number of rotatable bonds is 5. The highest BCUT2D eigenvalue weighted by molar-refractivity contribution is 7.10. The van der Waals surface area contributed by atoms with Crippen LogP contribution in [-0.4, -0.2) is 19.6 Å². The predicted molar refractivity (Wildman–Crippen MR) is 173 cm³/mol. The van der Waals surface area contributed by atoms with E-state index in [0.717, 1.165) is 6.54 Å². The van der Waals surface area contributed by atoms with Gasteiger partial charge in [0.15, 0.2) is 0 Å². The SMILES string of the molecule is C=C(/C(=C/C)C(C)NC)C1(C)CCC2C3(CC3)C3=Cc4ccsc4C(C3)CC21C1=CC=C(C)NC1.CC.CC. The zero-order chi connectivity index (χ0) is 28.6. The van der Waals surface area contributed by atoms with Gasteiger partial charge in [0.05, 0.1) is 0 Å². The second kappa shape index (κ2) is 11.6. The van der Waals surface area contributed by atoms with Crippen LogP contribution in [-0.2, 0) is 0 Å². The minimum absolute atomic E-state index is 0.0439. The molecule has 1 aromatic heterocycles. The van der Waals surface area contributed by atoms with Crippen molar-refractivity contribution in [3.05, 3.63) is 74.7 Å². The van der Waals surface area contributed by atoms with Crippen LogP contribution in [0.15, 0.2) is 64.2 Å². The summed E-state index contributed by atoms with van der Waals surface area (Å²) in [5, 5.41) is 9.61. The highest BCUT2D eigenvalue weighted by Crippen LogP contribution is 2.79. The summed E-state index contributed by atoms with van der Waals surface area (Å²) >= 11 is 2.00. The molecule has 5 unspecified atom stereocenters. The number of fused-ring (bicyclic) bond motifs is 7. The summed E-state index contributed by atoms with van der Waals surface area (Å²) in [5.41, 5.74) is 9.57. The van der Waals surface area contributed by atoms with Crippen molar-refractivity contribution in [3.8, 4) is 0 Å². The van der Waals surface area contributed by atoms with Crippen LogP contribution in [0.25, 0.3) is 6.08 Å². The largest absolute Gasteiger partial charge is 0.385 e. The van der Waals surface area contributed by atoms with Crippen LogP contribution in [0.2, 0.25) is 0 Å². The normalized spacial score (nSPS) is 32.3. The third kappa shape index (κ3) is 4.47. The van der Waals surface area contributed by atoms with Gasteiger partial charge in [-0.2, -0.15) is 0 Å². The first-order valence-corrected chi connectivity index (χ1v) is 16.6. The summed E-state index contributed by atoms with van der Waals surface area (Å²) < 4.78 is 0. The van der Waals surface area contributed by atoms with Crippen molar-refractivity contribution >= 4 is 17.4 Å². The highest BCUT2D eigenvalue weighted by atomic mass is 32.1. The van der Waals surface area contributed by atoms with Gasteiger partial charge < -0.3 is 10.6 Å². The molecule has 0 amide bonds. The van der Waals surface area contributed by atoms with Crippen LogP contribution in [0.1, 0.15) is 110 Å². The average molecular weight is 547 g/mol. The molecule has 214 valence electrons. The van der Waals surface area contributed by atoms with Crippen molar-refractivity contribution in [1.29, 1.82) is 0 Å². The smallest absolute Gasteiger partial charge is 0.0366 e. The Hall–Kier alpha value is -1.84. The van der Waals surface area contributed by atoms with Crippen LogP contribution < -0.4 is 10.6 Å². The summed E-state index contributed by atoms with van der Waals surface area (Å²) in [6, 6.07) is 2.70. The fraction of sp³-hybridized carbons (Fsp3) is 0.611. The molecule has 1 aliphatic heterocycles. The fourth-order valence-corrected chi connectivity index (χ4v) is 9.87. The number of hydrogen-bond donors (Lipinski definition) is 2. The first-order valence-electron chi connectivity index (χ1n) is 15.7. The standard InChI is InChI=1S/C32H42N2S.2C2H6/c1-7-27(22(4)33-6)21(3)30(5)12-10-28-31(13-14-31)26-16-23-11-15-35-29(23)24(17-26)18-32(28,30)25-9-8-20(2)34-19-25;2*1-2/h7-9,11,15-16,22,24,28,33-34H,3,10,12-14,17-19H2,1-2,4-6H3;2*1-2H3/b27-7-;;. The zero-order valence-electron chi connectivity index (χ0n) is 26.3. The fourth-order valence-electron chi connectivity index (χ4n) is 8.89. The maximum absolute atomic E-state index is 4.93. The maximum Gasteiger partial charge on any atom is 0.0366 e. The average Bonchev–Trinajstić information content (AvgIpc) is 3.54. The van der Waals surface area contributed by atoms with E-state index in [2.05, 4.69) is 81.1 Å². The van der Waals surface area contributed by atoms with E-state index in [1.807, 2.05) is 39.0 Å². The van der Waals surface area contributed by atoms with Gasteiger partial charge in [0.1, 0.15) is 0 Å². The van der Waals surface area contributed by atoms with Crippen molar-refractivity contribution in [1.82, 2.24) is 10.6 Å². The van der Waals surface area contributed by atoms with Crippen molar-refractivity contribution in [2.75, 3.05) is 13.6 Å². The maximum atomic E-state index is 4.93. The summed E-state index contributed by atoms with van der Waals surface area (Å²) in [4.78, 5) is 1.63. The molecule has 2 bridgehead atoms. The van der Waals surface area contributed by atoms with Gasteiger partial charge in [-0.3, -0.25) is 0 Å². The molecule has 2 heterocycles. The topological polar surface area (TPSA) is 24.1 Å². The summed E-state index contributed by atoms with van der Waals surface area (Å²) in [6.07, 6.45) is 17.6. The van der Waals surface area contributed by atoms with Crippen molar-refractivity contribution in [2.45, 2.75) is 106 Å². The molecule has 1 spiro atoms. The molecule has 5 atom stereocenters. The second-order valence-electron chi connectivity index (χ2n) is 12.2. The third-order valence-corrected chi connectivity index (χ3v) is 12.1. The minimum Gasteiger partial charge on any atom is -0.385 e. The van der Waals surface area contributed by atoms with Crippen molar-refractivity contribution in [2.24, 2.45) is 22.2 Å². The molecular formula is C36H54N2S. The molecule has 3 fully saturated rings. The van der Waals surface area contributed by atoms with Gasteiger partial charge in [0, 0.05) is 34.0 Å². The third-order valence-electron chi connectivity index (χ3n) is 11.0. The first-order chi connectivity index (χ1) is 18.8. The second-order valence-corrected chi connectivity index (χ2v) is 13.1. The van der Waals surface area contributed by atoms with Crippen molar-refractivity contribution in [3.63, 3.8) is 0 Å². The quantitative estimate of drug-likeness (QED) is 0.359. The van der Waals surface area contributed by atoms with Crippen LogP contribution in [0.5, 0.6) is 0 Å². The molecule has 2 nitrogen and oxygen atoms in total. The van der Waals surface area contributed by atoms with E-state index in [1.54, 1.807) is 16.0 Å². The minimum atomic E-state index is 0.0439. The molecule has 39 heavy (non-hydrogen) atoms. The molecule has 4 aliphatic carbocycles. The van der Waals surface area contributed by atoms with Gasteiger partial charge in [0.25, 0.3) is 0 Å². The van der Waals surface area contributed by atoms with Crippen molar-refractivity contribution < 1.29 is 0 Å². The lowest BCUT2D eigenvalue weighted by atomic mass is 9.51. The summed E-state index contributed by atoms with van der Waals surface area (Å²) in [6.45, 7) is 23.2. The number of nitrogens with one attached hydrogen (secondary N) is 2. The Kier molecular flexibility index (Phi) is 8.94. The lowest BCUT2D eigenvalue weighted by Gasteiger charge is -2.53. The number of hydrogen-bond acceptors (Lipinski definition) is 3. The zero-order valence-corrected chi connectivity index (χ0v) is 27.1. The predicted octanol–water partition coefficient (Wildman–Crippen LogP) is 9.80. The Labute approximate surface area is 243 Å². The van der Waals surface area contributed by atoms with Crippen LogP contribution in [0.3, 0.4) is 0 Å². The molecule has 0 saturated heterocycles. The van der Waals surface area contributed by atoms with Gasteiger partial charge in [-0.25, -0.2) is 0 Å². The molecule has 3 saturated carbocycles. The van der Waals surface area contributed by atoms with E-state index in [1.165, 1.54) is 60.9 Å². The van der Waals surface area contributed by atoms with Gasteiger partial charge in [-0.05, 0) is 123 Å². The molecule has 5 aliphatic rings. The number of thiophene rings is 1. The van der Waals surface area contributed by atoms with E-state index in [4.69, 9.17) is 6.58 Å². The van der Waals surface area contributed by atoms with E-state index in [-0.39, 0.29) is 10.8 Å². The number of likely N-dealkylation sites (N-methyl/N-ethyl adjacent to an activating group) is 1. The van der Waals surface area contributed by atoms with E-state index >= 15 is 0 Å². The van der Waals surface area contributed by atoms with Crippen LogP contribution >= 0.6 is 11.3 Å². The molecule has 6 rings (SSSR count). The number of allylic oxidation sites excluding steroid dienone is 5. The Morgan fingerprint density at radius 2 is 1.87 bits per heavy atom. The van der Waals surface area contributed by atoms with Gasteiger partial charge in [-0.1, -0.05) is 65.0 Å². The molecule has 1 aromatic rings. The Morgan fingerprint density at radius 1 is 1.15 bits per heavy atom. The lowest BCUT2D eigenvalue weighted by molar-refractivity contribution is 0.0780. The Bertz CT molecular complexity index is 1190. The first kappa shape index (κ1) is 30.1. The van der Waals surface area contributed by atoms with Gasteiger partial charge >= 0.3 is 0 Å². The lowest BCUT2D eigenvalue weighted by Crippen LogP contribution is -2.48. The number of dihydropyridines is 1. The highest BCUT2D eigenvalue weighted by Gasteiger charge is 2.70. The monoisotopic (exact) mass is 546 g/mol. The Balaban J connectivity index is 0.000000845. The molecule has 0 radical (unpaired) electrons. The molecular weight excluding hydrogens is 492 g/mol. The van der Waals surface area contributed by atoms with E-state index < -0.39 is 0 Å². The molecule has 0 aromatic carbocycles. The summed E-state index contributed by atoms with van der Waals surface area (Å²) in [5.74, 6) is 1.33. The van der Waals surface area contributed by atoms with E-state index in [9.17, 15) is 0 Å². The van der Waals surface area contributed by atoms with Crippen LogP contribution in [0.4, 0.5) is 0 Å². The van der Waals surface area contributed by atoms with Gasteiger partial charge in [-0.15, -0.1) is 11.3 Å². The summed E-state index contributed by atoms with van der Waals surface area (Å²) in [7, 11) is 2.08. The Morgan fingerprint density at radius 3 is 2.46 bits per heavy atom. The molecule has 3 heteroatoms. The van der Waals surface area contributed by atoms with Crippen LogP contribution in [0, 0.1) is 22.2 Å². The molecule has 2 N–H and O–H groups in total. The van der Waals surface area contributed by atoms with E-state index in [0.29, 0.717) is 23.3 Å². The van der Waals surface area contributed by atoms with Gasteiger partial charge in [0.2, 0.25) is 0 Å².